The van der Waals surface area contributed by atoms with Gasteiger partial charge in [-0.25, -0.2) is 4.98 Å². The second kappa shape index (κ2) is 3.59. The first-order valence-corrected chi connectivity index (χ1v) is 4.29. The molecule has 4 heteroatoms. The van der Waals surface area contributed by atoms with Crippen LogP contribution in [0.4, 0.5) is 0 Å². The molecule has 1 atom stereocenters. The van der Waals surface area contributed by atoms with Crippen molar-refractivity contribution in [2.45, 2.75) is 13.0 Å². The fraction of sp³-hybridized carbons (Fsp3) is 0.429. The topological polar surface area (TPSA) is 42.0 Å². The molecule has 1 N–H and O–H groups in total. The molecule has 0 aromatic carbocycles. The van der Waals surface area contributed by atoms with Gasteiger partial charge in [0, 0.05) is 5.38 Å². The van der Waals surface area contributed by atoms with Crippen molar-refractivity contribution in [3.8, 4) is 0 Å². The van der Waals surface area contributed by atoms with E-state index in [2.05, 4.69) is 10.3 Å². The van der Waals surface area contributed by atoms with Crippen LogP contribution in [0.15, 0.2) is 10.9 Å². The minimum absolute atomic E-state index is 0.0498. The number of carbonyl (C=O) groups is 1. The number of thiazole rings is 1. The van der Waals surface area contributed by atoms with Crippen LogP contribution in [0, 0.1) is 0 Å². The lowest BCUT2D eigenvalue weighted by molar-refractivity contribution is 0.0951. The maximum Gasteiger partial charge on any atom is 0.198 e. The Morgan fingerprint density at radius 3 is 3.00 bits per heavy atom. The molecule has 0 amide bonds. The zero-order valence-electron chi connectivity index (χ0n) is 6.50. The molecule has 1 heterocycles. The molecule has 1 aromatic rings. The van der Waals surface area contributed by atoms with Crippen molar-refractivity contribution in [2.24, 2.45) is 0 Å². The van der Waals surface area contributed by atoms with Gasteiger partial charge in [-0.3, -0.25) is 4.79 Å². The van der Waals surface area contributed by atoms with Crippen molar-refractivity contribution in [1.82, 2.24) is 10.3 Å². The Balaban J connectivity index is 2.70. The molecule has 0 saturated carbocycles. The van der Waals surface area contributed by atoms with Crippen molar-refractivity contribution in [2.75, 3.05) is 7.05 Å². The Labute approximate surface area is 69.5 Å². The van der Waals surface area contributed by atoms with Crippen molar-refractivity contribution in [1.29, 1.82) is 0 Å². The number of likely N-dealkylation sites (N-methyl/N-ethyl adjacent to an activating group) is 1. The molecule has 0 unspecified atom stereocenters. The van der Waals surface area contributed by atoms with Crippen LogP contribution in [-0.2, 0) is 0 Å². The summed E-state index contributed by atoms with van der Waals surface area (Å²) in [5.41, 5.74) is 2.21. The Bertz CT molecular complexity index is 233. The average molecular weight is 170 g/mol. The van der Waals surface area contributed by atoms with E-state index in [1.54, 1.807) is 17.9 Å². The monoisotopic (exact) mass is 170 g/mol. The molecular formula is C7H10N2OS. The molecule has 3 nitrogen and oxygen atoms in total. The number of hydrogen-bond acceptors (Lipinski definition) is 4. The van der Waals surface area contributed by atoms with E-state index in [1.807, 2.05) is 6.92 Å². The Morgan fingerprint density at radius 1 is 1.82 bits per heavy atom. The Morgan fingerprint density at radius 2 is 2.55 bits per heavy atom. The molecular weight excluding hydrogens is 160 g/mol. The third-order valence-corrected chi connectivity index (χ3v) is 2.10. The highest BCUT2D eigenvalue weighted by molar-refractivity contribution is 7.07. The normalized spacial score (nSPS) is 12.9. The number of rotatable bonds is 3. The van der Waals surface area contributed by atoms with Gasteiger partial charge >= 0.3 is 0 Å². The predicted molar refractivity (Wildman–Crippen MR) is 45.0 cm³/mol. The van der Waals surface area contributed by atoms with E-state index in [-0.39, 0.29) is 11.8 Å². The predicted octanol–water partition coefficient (Wildman–Crippen LogP) is 0.934. The minimum Gasteiger partial charge on any atom is -0.310 e. The van der Waals surface area contributed by atoms with Crippen LogP contribution in [0.25, 0.3) is 0 Å². The Hall–Kier alpha value is -0.740. The second-order valence-corrected chi connectivity index (χ2v) is 2.97. The van der Waals surface area contributed by atoms with Crippen molar-refractivity contribution < 1.29 is 4.79 Å². The molecule has 0 aliphatic rings. The number of Topliss-reactive ketones (excluding diaryl/α,β-unsaturated/α-hetero) is 1. The zero-order valence-corrected chi connectivity index (χ0v) is 7.31. The van der Waals surface area contributed by atoms with Gasteiger partial charge < -0.3 is 5.32 Å². The highest BCUT2D eigenvalue weighted by Gasteiger charge is 2.13. The lowest BCUT2D eigenvalue weighted by Gasteiger charge is -2.04. The summed E-state index contributed by atoms with van der Waals surface area (Å²) in [5.74, 6) is 0.0498. The lowest BCUT2D eigenvalue weighted by Crippen LogP contribution is -2.30. The smallest absolute Gasteiger partial charge is 0.198 e. The quantitative estimate of drug-likeness (QED) is 0.686. The van der Waals surface area contributed by atoms with Gasteiger partial charge in [0.2, 0.25) is 0 Å². The summed E-state index contributed by atoms with van der Waals surface area (Å²) < 4.78 is 0. The van der Waals surface area contributed by atoms with E-state index in [1.165, 1.54) is 11.3 Å². The summed E-state index contributed by atoms with van der Waals surface area (Å²) in [6.07, 6.45) is 0. The Kier molecular flexibility index (Phi) is 2.73. The summed E-state index contributed by atoms with van der Waals surface area (Å²) in [5, 5.41) is 4.63. The van der Waals surface area contributed by atoms with Gasteiger partial charge in [0.25, 0.3) is 0 Å². The first-order valence-electron chi connectivity index (χ1n) is 3.35. The van der Waals surface area contributed by atoms with Gasteiger partial charge in [-0.15, -0.1) is 11.3 Å². The highest BCUT2D eigenvalue weighted by atomic mass is 32.1. The molecule has 0 aliphatic carbocycles. The van der Waals surface area contributed by atoms with E-state index in [4.69, 9.17) is 0 Å². The third-order valence-electron chi connectivity index (χ3n) is 1.51. The second-order valence-electron chi connectivity index (χ2n) is 2.25. The van der Waals surface area contributed by atoms with Gasteiger partial charge in [-0.2, -0.15) is 0 Å². The number of carbonyl (C=O) groups excluding carboxylic acids is 1. The van der Waals surface area contributed by atoms with Crippen LogP contribution in [0.1, 0.15) is 17.4 Å². The first kappa shape index (κ1) is 8.36. The number of nitrogens with one attached hydrogen (secondary N) is 1. The van der Waals surface area contributed by atoms with Gasteiger partial charge in [0.05, 0.1) is 11.6 Å². The van der Waals surface area contributed by atoms with Crippen LogP contribution in [0.3, 0.4) is 0 Å². The van der Waals surface area contributed by atoms with E-state index in [0.29, 0.717) is 5.69 Å². The van der Waals surface area contributed by atoms with Gasteiger partial charge in [0.15, 0.2) is 5.78 Å². The van der Waals surface area contributed by atoms with Crippen molar-refractivity contribution in [3.63, 3.8) is 0 Å². The minimum atomic E-state index is -0.142. The summed E-state index contributed by atoms with van der Waals surface area (Å²) in [4.78, 5) is 15.2. The van der Waals surface area contributed by atoms with Gasteiger partial charge in [0.1, 0.15) is 5.69 Å². The SMILES string of the molecule is CN[C@@H](C)C(=O)c1cscn1. The number of nitrogens with zero attached hydrogens (tertiary/aromatic N) is 1. The van der Waals surface area contributed by atoms with Crippen LogP contribution in [0.5, 0.6) is 0 Å². The molecule has 0 spiro atoms. The first-order chi connectivity index (χ1) is 5.25. The number of aromatic nitrogens is 1. The maximum absolute atomic E-state index is 11.3. The number of hydrogen-bond donors (Lipinski definition) is 1. The molecule has 1 rings (SSSR count). The molecule has 11 heavy (non-hydrogen) atoms. The van der Waals surface area contributed by atoms with Crippen LogP contribution in [-0.4, -0.2) is 23.9 Å². The van der Waals surface area contributed by atoms with Gasteiger partial charge in [-0.05, 0) is 14.0 Å². The van der Waals surface area contributed by atoms with E-state index in [0.717, 1.165) is 0 Å². The number of ketones is 1. The van der Waals surface area contributed by atoms with Crippen LogP contribution in [0.2, 0.25) is 0 Å². The molecule has 0 aliphatic heterocycles. The summed E-state index contributed by atoms with van der Waals surface area (Å²) in [6.45, 7) is 1.82. The fourth-order valence-corrected chi connectivity index (χ4v) is 1.23. The summed E-state index contributed by atoms with van der Waals surface area (Å²) in [6, 6.07) is -0.142. The van der Waals surface area contributed by atoms with E-state index >= 15 is 0 Å². The summed E-state index contributed by atoms with van der Waals surface area (Å²) in [7, 11) is 1.76. The van der Waals surface area contributed by atoms with Gasteiger partial charge in [-0.1, -0.05) is 0 Å². The van der Waals surface area contributed by atoms with Crippen molar-refractivity contribution in [3.05, 3.63) is 16.6 Å². The lowest BCUT2D eigenvalue weighted by atomic mass is 10.2. The van der Waals surface area contributed by atoms with Crippen LogP contribution < -0.4 is 5.32 Å². The standard InChI is InChI=1S/C7H10N2OS/c1-5(8-2)7(10)6-3-11-4-9-6/h3-5,8H,1-2H3/t5-/m0/s1. The highest BCUT2D eigenvalue weighted by Crippen LogP contribution is 2.03. The molecule has 0 radical (unpaired) electrons. The fourth-order valence-electron chi connectivity index (χ4n) is 0.687. The maximum atomic E-state index is 11.3. The zero-order chi connectivity index (χ0) is 8.27. The van der Waals surface area contributed by atoms with Crippen molar-refractivity contribution >= 4 is 17.1 Å². The average Bonchev–Trinajstić information content (AvgIpc) is 2.53. The molecule has 0 saturated heterocycles. The molecule has 0 bridgehead atoms. The molecule has 1 aromatic heterocycles. The summed E-state index contributed by atoms with van der Waals surface area (Å²) >= 11 is 1.44. The van der Waals surface area contributed by atoms with E-state index < -0.39 is 0 Å². The molecule has 0 fully saturated rings. The third kappa shape index (κ3) is 1.85. The van der Waals surface area contributed by atoms with Crippen LogP contribution >= 0.6 is 11.3 Å². The largest absolute Gasteiger partial charge is 0.310 e. The van der Waals surface area contributed by atoms with E-state index in [9.17, 15) is 4.79 Å². The molecule has 60 valence electrons.